The number of benzene rings is 1. The fraction of sp³-hybridized carbons (Fsp3) is 0.0556. The summed E-state index contributed by atoms with van der Waals surface area (Å²) in [6.45, 7) is 0.347. The highest BCUT2D eigenvalue weighted by molar-refractivity contribution is 6.31. The third-order valence-corrected chi connectivity index (χ3v) is 4.21. The number of fused-ring (bicyclic) bond motifs is 2. The molecule has 0 amide bonds. The molecule has 4 aromatic rings. The third-order valence-electron chi connectivity index (χ3n) is 4.00. The molecular weight excluding hydrogens is 354 g/mol. The van der Waals surface area contributed by atoms with Crippen molar-refractivity contribution < 1.29 is 9.90 Å². The first-order valence-corrected chi connectivity index (χ1v) is 7.97. The molecule has 0 aliphatic heterocycles. The van der Waals surface area contributed by atoms with Crippen molar-refractivity contribution in [1.29, 1.82) is 5.26 Å². The highest BCUT2D eigenvalue weighted by atomic mass is 35.5. The van der Waals surface area contributed by atoms with Gasteiger partial charge in [-0.3, -0.25) is 9.67 Å². The largest absolute Gasteiger partial charge is 0.476 e. The van der Waals surface area contributed by atoms with Crippen LogP contribution in [0.3, 0.4) is 0 Å². The predicted molar refractivity (Wildman–Crippen MR) is 95.1 cm³/mol. The van der Waals surface area contributed by atoms with E-state index in [0.29, 0.717) is 22.5 Å². The number of carboxylic acids is 1. The maximum absolute atomic E-state index is 11.5. The minimum absolute atomic E-state index is 0.107. The average Bonchev–Trinajstić information content (AvgIpc) is 2.99. The number of halogens is 1. The summed E-state index contributed by atoms with van der Waals surface area (Å²) in [6, 6.07) is 10.9. The molecule has 3 heterocycles. The van der Waals surface area contributed by atoms with Crippen LogP contribution in [0.25, 0.3) is 21.8 Å². The number of hydrogen-bond acceptors (Lipinski definition) is 5. The molecule has 26 heavy (non-hydrogen) atoms. The van der Waals surface area contributed by atoms with Crippen LogP contribution >= 0.6 is 11.6 Å². The maximum atomic E-state index is 11.5. The van der Waals surface area contributed by atoms with Gasteiger partial charge in [0.2, 0.25) is 0 Å². The Balaban J connectivity index is 1.82. The summed E-state index contributed by atoms with van der Waals surface area (Å²) in [7, 11) is 0. The van der Waals surface area contributed by atoms with E-state index >= 15 is 0 Å². The van der Waals surface area contributed by atoms with E-state index in [0.717, 1.165) is 16.5 Å². The van der Waals surface area contributed by atoms with Crippen molar-refractivity contribution in [2.24, 2.45) is 0 Å². The second-order valence-electron chi connectivity index (χ2n) is 5.69. The number of aromatic nitrogens is 4. The highest BCUT2D eigenvalue weighted by Gasteiger charge is 2.17. The topological polar surface area (TPSA) is 105 Å². The molecule has 0 unspecified atom stereocenters. The molecule has 0 fully saturated rings. The fourth-order valence-corrected chi connectivity index (χ4v) is 3.00. The summed E-state index contributed by atoms with van der Waals surface area (Å²) in [4.78, 5) is 19.8. The van der Waals surface area contributed by atoms with Gasteiger partial charge in [0.1, 0.15) is 11.8 Å². The van der Waals surface area contributed by atoms with Gasteiger partial charge in [-0.2, -0.15) is 10.4 Å². The summed E-state index contributed by atoms with van der Waals surface area (Å²) in [6.07, 6.45) is 3.05. The van der Waals surface area contributed by atoms with Gasteiger partial charge in [-0.25, -0.2) is 9.78 Å². The molecule has 4 rings (SSSR count). The molecule has 0 bridgehead atoms. The van der Waals surface area contributed by atoms with Gasteiger partial charge in [-0.15, -0.1) is 0 Å². The zero-order valence-corrected chi connectivity index (χ0v) is 14.0. The molecule has 8 heteroatoms. The quantitative estimate of drug-likeness (QED) is 0.599. The molecule has 0 spiro atoms. The van der Waals surface area contributed by atoms with E-state index in [1.165, 1.54) is 12.3 Å². The second kappa shape index (κ2) is 6.10. The van der Waals surface area contributed by atoms with Crippen LogP contribution in [0.4, 0.5) is 0 Å². The van der Waals surface area contributed by atoms with E-state index in [2.05, 4.69) is 15.1 Å². The molecular formula is C18H10ClN5O2. The molecule has 1 N–H and O–H groups in total. The van der Waals surface area contributed by atoms with E-state index < -0.39 is 5.97 Å². The average molecular weight is 364 g/mol. The van der Waals surface area contributed by atoms with Gasteiger partial charge in [0.25, 0.3) is 0 Å². The van der Waals surface area contributed by atoms with Gasteiger partial charge >= 0.3 is 5.97 Å². The van der Waals surface area contributed by atoms with Crippen molar-refractivity contribution in [1.82, 2.24) is 19.7 Å². The number of rotatable bonds is 3. The number of nitrogens with zero attached hydrogens (tertiary/aromatic N) is 5. The van der Waals surface area contributed by atoms with E-state index in [4.69, 9.17) is 16.9 Å². The summed E-state index contributed by atoms with van der Waals surface area (Å²) in [5.41, 5.74) is 2.31. The molecule has 0 aliphatic carbocycles. The van der Waals surface area contributed by atoms with Crippen LogP contribution in [0.5, 0.6) is 0 Å². The van der Waals surface area contributed by atoms with Crippen molar-refractivity contribution in [3.8, 4) is 6.07 Å². The lowest BCUT2D eigenvalue weighted by molar-refractivity contribution is 0.0691. The van der Waals surface area contributed by atoms with Gasteiger partial charge in [0.05, 0.1) is 28.8 Å². The Morgan fingerprint density at radius 1 is 1.23 bits per heavy atom. The number of carboxylic acid groups (broad SMARTS) is 1. The fourth-order valence-electron chi connectivity index (χ4n) is 2.84. The summed E-state index contributed by atoms with van der Waals surface area (Å²) in [5.74, 6) is -1.15. The Bertz CT molecular complexity index is 1230. The molecule has 0 atom stereocenters. The number of aromatic carboxylic acids is 1. The third kappa shape index (κ3) is 2.72. The van der Waals surface area contributed by atoms with Crippen LogP contribution in [0.1, 0.15) is 21.7 Å². The molecule has 126 valence electrons. The van der Waals surface area contributed by atoms with E-state index in [9.17, 15) is 9.90 Å². The van der Waals surface area contributed by atoms with Crippen molar-refractivity contribution in [3.63, 3.8) is 0 Å². The maximum Gasteiger partial charge on any atom is 0.357 e. The summed E-state index contributed by atoms with van der Waals surface area (Å²) < 4.78 is 1.56. The van der Waals surface area contributed by atoms with Crippen LogP contribution < -0.4 is 0 Å². The van der Waals surface area contributed by atoms with Crippen LogP contribution in [0, 0.1) is 11.3 Å². The van der Waals surface area contributed by atoms with Crippen LogP contribution in [0.15, 0.2) is 42.7 Å². The lowest BCUT2D eigenvalue weighted by Gasteiger charge is -2.05. The number of pyridine rings is 2. The Hall–Kier alpha value is -3.50. The highest BCUT2D eigenvalue weighted by Crippen LogP contribution is 2.22. The first-order chi connectivity index (χ1) is 12.5. The lowest BCUT2D eigenvalue weighted by Crippen LogP contribution is -2.04. The van der Waals surface area contributed by atoms with Crippen molar-refractivity contribution in [3.05, 3.63) is 64.7 Å². The van der Waals surface area contributed by atoms with Gasteiger partial charge in [0, 0.05) is 17.0 Å². The van der Waals surface area contributed by atoms with E-state index in [1.807, 2.05) is 30.3 Å². The lowest BCUT2D eigenvalue weighted by atomic mass is 10.1. The number of carbonyl (C=O) groups is 1. The molecule has 1 aromatic carbocycles. The van der Waals surface area contributed by atoms with E-state index in [1.54, 1.807) is 10.9 Å². The Morgan fingerprint density at radius 2 is 2.08 bits per heavy atom. The minimum Gasteiger partial charge on any atom is -0.476 e. The van der Waals surface area contributed by atoms with Gasteiger partial charge < -0.3 is 5.11 Å². The first-order valence-electron chi connectivity index (χ1n) is 7.59. The minimum atomic E-state index is -1.15. The normalized spacial score (nSPS) is 10.9. The SMILES string of the molecule is N#Cc1cc2c(C(=O)O)nn(Cc3ccc4ncc(Cl)cc4c3)c2cn1. The first kappa shape index (κ1) is 16.0. The van der Waals surface area contributed by atoms with Crippen molar-refractivity contribution in [2.75, 3.05) is 0 Å². The van der Waals surface area contributed by atoms with Crippen LogP contribution in [-0.2, 0) is 6.54 Å². The number of nitriles is 1. The van der Waals surface area contributed by atoms with Crippen molar-refractivity contribution >= 4 is 39.4 Å². The zero-order chi connectivity index (χ0) is 18.3. The Morgan fingerprint density at radius 3 is 2.85 bits per heavy atom. The standard InChI is InChI=1S/C18H10ClN5O2/c19-12-4-11-3-10(1-2-15(11)22-7-12)9-24-16-8-21-13(6-20)5-14(16)17(23-24)18(25)26/h1-5,7-8H,9H2,(H,25,26). The summed E-state index contributed by atoms with van der Waals surface area (Å²) >= 11 is 6.00. The second-order valence-corrected chi connectivity index (χ2v) is 6.13. The molecule has 0 radical (unpaired) electrons. The molecule has 0 saturated heterocycles. The van der Waals surface area contributed by atoms with Gasteiger partial charge in [-0.05, 0) is 29.8 Å². The number of hydrogen-bond donors (Lipinski definition) is 1. The smallest absolute Gasteiger partial charge is 0.357 e. The molecule has 0 aliphatic rings. The molecule has 7 nitrogen and oxygen atoms in total. The predicted octanol–water partition coefficient (Wildman–Crippen LogP) is 3.25. The zero-order valence-electron chi connectivity index (χ0n) is 13.2. The van der Waals surface area contributed by atoms with Crippen LogP contribution in [0.2, 0.25) is 5.02 Å². The van der Waals surface area contributed by atoms with Gasteiger partial charge in [-0.1, -0.05) is 17.7 Å². The Kier molecular flexibility index (Phi) is 3.75. The van der Waals surface area contributed by atoms with Crippen LogP contribution in [-0.4, -0.2) is 30.8 Å². The molecule has 3 aromatic heterocycles. The summed E-state index contributed by atoms with van der Waals surface area (Å²) in [5, 5.41) is 24.4. The Labute approximate surface area is 152 Å². The van der Waals surface area contributed by atoms with E-state index in [-0.39, 0.29) is 11.4 Å². The van der Waals surface area contributed by atoms with Crippen molar-refractivity contribution in [2.45, 2.75) is 6.54 Å². The van der Waals surface area contributed by atoms with Gasteiger partial charge in [0.15, 0.2) is 5.69 Å². The molecule has 0 saturated carbocycles. The monoisotopic (exact) mass is 363 g/mol.